The van der Waals surface area contributed by atoms with Gasteiger partial charge >= 0.3 is 5.97 Å². The van der Waals surface area contributed by atoms with E-state index in [4.69, 9.17) is 0 Å². The first-order chi connectivity index (χ1) is 8.77. The second kappa shape index (κ2) is 5.08. The lowest BCUT2D eigenvalue weighted by molar-refractivity contribution is -0.160. The normalized spacial score (nSPS) is 40.3. The highest BCUT2D eigenvalue weighted by atomic mass is 16.4. The Balaban J connectivity index is 2.14. The summed E-state index contributed by atoms with van der Waals surface area (Å²) in [5.74, 6) is -0.0877. The summed E-state index contributed by atoms with van der Waals surface area (Å²) < 4.78 is 0. The molecular formula is C16H28O3. The van der Waals surface area contributed by atoms with E-state index >= 15 is 0 Å². The van der Waals surface area contributed by atoms with Gasteiger partial charge in [0, 0.05) is 5.92 Å². The minimum Gasteiger partial charge on any atom is -0.481 e. The lowest BCUT2D eigenvalue weighted by atomic mass is 9.59. The molecular weight excluding hydrogens is 240 g/mol. The van der Waals surface area contributed by atoms with E-state index < -0.39 is 17.5 Å². The molecule has 3 nitrogen and oxygen atoms in total. The van der Waals surface area contributed by atoms with Crippen molar-refractivity contribution in [1.82, 2.24) is 0 Å². The number of rotatable bonds is 2. The summed E-state index contributed by atoms with van der Waals surface area (Å²) in [5, 5.41) is 19.9. The van der Waals surface area contributed by atoms with Gasteiger partial charge in [-0.15, -0.1) is 0 Å². The second-order valence-electron chi connectivity index (χ2n) is 7.71. The zero-order valence-electron chi connectivity index (χ0n) is 12.5. The van der Waals surface area contributed by atoms with Crippen LogP contribution in [0.4, 0.5) is 0 Å². The Morgan fingerprint density at radius 3 is 2.05 bits per heavy atom. The van der Waals surface area contributed by atoms with Crippen LogP contribution in [0.2, 0.25) is 0 Å². The number of carboxylic acids is 1. The number of hydrogen-bond donors (Lipinski definition) is 2. The standard InChI is InChI=1S/C16H28O3/c1-15(2,3)11-7-9-16(10-8-11,14(18)19)12-5-4-6-13(12)17/h11-13,17H,4-10H2,1-3H3,(H,18,19). The van der Waals surface area contributed by atoms with Gasteiger partial charge in [0.2, 0.25) is 0 Å². The van der Waals surface area contributed by atoms with Gasteiger partial charge < -0.3 is 10.2 Å². The molecule has 2 aliphatic rings. The average molecular weight is 268 g/mol. The summed E-state index contributed by atoms with van der Waals surface area (Å²) in [6, 6.07) is 0. The van der Waals surface area contributed by atoms with Gasteiger partial charge in [0.1, 0.15) is 0 Å². The van der Waals surface area contributed by atoms with Crippen LogP contribution in [0.25, 0.3) is 0 Å². The molecule has 0 aromatic carbocycles. The third kappa shape index (κ3) is 2.67. The van der Waals surface area contributed by atoms with E-state index in [2.05, 4.69) is 20.8 Å². The predicted octanol–water partition coefficient (Wildman–Crippen LogP) is 3.45. The molecule has 2 aliphatic carbocycles. The van der Waals surface area contributed by atoms with E-state index in [1.165, 1.54) is 0 Å². The third-order valence-electron chi connectivity index (χ3n) is 5.72. The molecule has 0 spiro atoms. The lowest BCUT2D eigenvalue weighted by Gasteiger charge is -2.45. The Kier molecular flexibility index (Phi) is 3.97. The number of carboxylic acid groups (broad SMARTS) is 1. The van der Waals surface area contributed by atoms with E-state index in [1.54, 1.807) is 0 Å². The summed E-state index contributed by atoms with van der Waals surface area (Å²) in [7, 11) is 0. The number of aliphatic carboxylic acids is 1. The first-order valence-corrected chi connectivity index (χ1v) is 7.69. The molecule has 2 unspecified atom stereocenters. The van der Waals surface area contributed by atoms with Crippen molar-refractivity contribution >= 4 is 5.97 Å². The minimum absolute atomic E-state index is 0.0223. The molecule has 2 N–H and O–H groups in total. The fourth-order valence-electron chi connectivity index (χ4n) is 4.33. The highest BCUT2D eigenvalue weighted by Crippen LogP contribution is 2.53. The van der Waals surface area contributed by atoms with Gasteiger partial charge in [-0.25, -0.2) is 0 Å². The molecule has 2 fully saturated rings. The van der Waals surface area contributed by atoms with Gasteiger partial charge in [-0.2, -0.15) is 0 Å². The molecule has 0 saturated heterocycles. The van der Waals surface area contributed by atoms with Gasteiger partial charge in [0.05, 0.1) is 11.5 Å². The maximum absolute atomic E-state index is 11.9. The van der Waals surface area contributed by atoms with Crippen LogP contribution < -0.4 is 0 Å². The third-order valence-corrected chi connectivity index (χ3v) is 5.72. The van der Waals surface area contributed by atoms with Crippen LogP contribution >= 0.6 is 0 Å². The molecule has 0 radical (unpaired) electrons. The Hall–Kier alpha value is -0.570. The zero-order valence-corrected chi connectivity index (χ0v) is 12.5. The van der Waals surface area contributed by atoms with Crippen LogP contribution in [-0.2, 0) is 4.79 Å². The van der Waals surface area contributed by atoms with Gasteiger partial charge in [-0.1, -0.05) is 27.2 Å². The van der Waals surface area contributed by atoms with Crippen molar-refractivity contribution in [3.63, 3.8) is 0 Å². The summed E-state index contributed by atoms with van der Waals surface area (Å²) in [6.45, 7) is 6.74. The van der Waals surface area contributed by atoms with Gasteiger partial charge in [-0.3, -0.25) is 4.79 Å². The fraction of sp³-hybridized carbons (Fsp3) is 0.938. The van der Waals surface area contributed by atoms with Crippen LogP contribution in [-0.4, -0.2) is 22.3 Å². The SMILES string of the molecule is CC(C)(C)C1CCC(C(=O)O)(C2CCCC2O)CC1. The first kappa shape index (κ1) is 14.8. The molecule has 0 heterocycles. The smallest absolute Gasteiger partial charge is 0.310 e. The molecule has 0 amide bonds. The lowest BCUT2D eigenvalue weighted by Crippen LogP contribution is -2.46. The maximum Gasteiger partial charge on any atom is 0.310 e. The van der Waals surface area contributed by atoms with E-state index in [1.807, 2.05) is 0 Å². The second-order valence-corrected chi connectivity index (χ2v) is 7.71. The number of hydrogen-bond acceptors (Lipinski definition) is 2. The summed E-state index contributed by atoms with van der Waals surface area (Å²) >= 11 is 0. The van der Waals surface area contributed by atoms with Crippen molar-refractivity contribution in [3.8, 4) is 0 Å². The van der Waals surface area contributed by atoms with Crippen LogP contribution in [0.5, 0.6) is 0 Å². The van der Waals surface area contributed by atoms with Gasteiger partial charge in [-0.05, 0) is 49.9 Å². The number of aliphatic hydroxyl groups is 1. The maximum atomic E-state index is 11.9. The Labute approximate surface area is 116 Å². The van der Waals surface area contributed by atoms with Crippen molar-refractivity contribution < 1.29 is 15.0 Å². The van der Waals surface area contributed by atoms with Crippen molar-refractivity contribution in [2.45, 2.75) is 71.8 Å². The van der Waals surface area contributed by atoms with Crippen molar-refractivity contribution in [3.05, 3.63) is 0 Å². The van der Waals surface area contributed by atoms with Crippen molar-refractivity contribution in [2.24, 2.45) is 22.7 Å². The van der Waals surface area contributed by atoms with E-state index in [0.29, 0.717) is 5.92 Å². The van der Waals surface area contributed by atoms with E-state index in [9.17, 15) is 15.0 Å². The molecule has 2 rings (SSSR count). The van der Waals surface area contributed by atoms with Gasteiger partial charge in [0.15, 0.2) is 0 Å². The summed E-state index contributed by atoms with van der Waals surface area (Å²) in [6.07, 6.45) is 5.69. The van der Waals surface area contributed by atoms with E-state index in [0.717, 1.165) is 44.9 Å². The Bertz CT molecular complexity index is 334. The highest BCUT2D eigenvalue weighted by Gasteiger charge is 2.52. The molecule has 19 heavy (non-hydrogen) atoms. The van der Waals surface area contributed by atoms with Crippen molar-refractivity contribution in [1.29, 1.82) is 0 Å². The number of carbonyl (C=O) groups is 1. The van der Waals surface area contributed by atoms with Crippen molar-refractivity contribution in [2.75, 3.05) is 0 Å². The Morgan fingerprint density at radius 1 is 1.11 bits per heavy atom. The zero-order chi connectivity index (χ0) is 14.3. The quantitative estimate of drug-likeness (QED) is 0.806. The van der Waals surface area contributed by atoms with Gasteiger partial charge in [0.25, 0.3) is 0 Å². The monoisotopic (exact) mass is 268 g/mol. The van der Waals surface area contributed by atoms with E-state index in [-0.39, 0.29) is 11.3 Å². The average Bonchev–Trinajstić information content (AvgIpc) is 2.74. The molecule has 0 bridgehead atoms. The minimum atomic E-state index is -0.675. The molecule has 110 valence electrons. The molecule has 2 saturated carbocycles. The topological polar surface area (TPSA) is 57.5 Å². The molecule has 3 heteroatoms. The van der Waals surface area contributed by atoms with Crippen LogP contribution in [0.3, 0.4) is 0 Å². The molecule has 2 atom stereocenters. The van der Waals surface area contributed by atoms with Crippen LogP contribution in [0, 0.1) is 22.7 Å². The summed E-state index contributed by atoms with van der Waals surface area (Å²) in [4.78, 5) is 11.9. The first-order valence-electron chi connectivity index (χ1n) is 7.69. The van der Waals surface area contributed by atoms with Crippen LogP contribution in [0.1, 0.15) is 65.7 Å². The Morgan fingerprint density at radius 2 is 1.68 bits per heavy atom. The largest absolute Gasteiger partial charge is 0.481 e. The van der Waals surface area contributed by atoms with Crippen LogP contribution in [0.15, 0.2) is 0 Å². The predicted molar refractivity (Wildman–Crippen MR) is 74.8 cm³/mol. The highest BCUT2D eigenvalue weighted by molar-refractivity contribution is 5.75. The molecule has 0 aliphatic heterocycles. The molecule has 0 aromatic rings. The molecule has 0 aromatic heterocycles. The number of aliphatic hydroxyl groups excluding tert-OH is 1. The summed E-state index contributed by atoms with van der Waals surface area (Å²) in [5.41, 5.74) is -0.392. The fourth-order valence-corrected chi connectivity index (χ4v) is 4.33.